The summed E-state index contributed by atoms with van der Waals surface area (Å²) in [7, 11) is 0. The number of likely N-dealkylation sites (tertiary alicyclic amines) is 1. The standard InChI is InChI=1S/C20H23N3O3/c1-14-7-8-15(21)11-18(14)20(25)22-16-5-4-6-17(12-16)26-13-19(24)23-9-2-3-10-23/h4-8,11-12H,2-3,9-10,13,21H2,1H3,(H,22,25). The van der Waals surface area contributed by atoms with Gasteiger partial charge < -0.3 is 20.7 Å². The quantitative estimate of drug-likeness (QED) is 0.810. The first-order valence-electron chi connectivity index (χ1n) is 8.71. The Kier molecular flexibility index (Phi) is 5.41. The maximum absolute atomic E-state index is 12.5. The average Bonchev–Trinajstić information content (AvgIpc) is 3.17. The molecular formula is C20H23N3O3. The van der Waals surface area contributed by atoms with Gasteiger partial charge in [0.1, 0.15) is 5.75 Å². The molecule has 1 aliphatic rings. The molecule has 6 nitrogen and oxygen atoms in total. The van der Waals surface area contributed by atoms with Gasteiger partial charge in [0.15, 0.2) is 6.61 Å². The molecule has 0 aromatic heterocycles. The summed E-state index contributed by atoms with van der Waals surface area (Å²) in [5.41, 5.74) is 8.28. The topological polar surface area (TPSA) is 84.7 Å². The molecule has 0 bridgehead atoms. The molecule has 2 aromatic carbocycles. The molecule has 3 N–H and O–H groups in total. The van der Waals surface area contributed by atoms with Crippen LogP contribution in [0.5, 0.6) is 5.75 Å². The molecule has 0 aliphatic carbocycles. The molecule has 1 heterocycles. The Morgan fingerprint density at radius 1 is 1.15 bits per heavy atom. The van der Waals surface area contributed by atoms with Crippen LogP contribution in [0.3, 0.4) is 0 Å². The smallest absolute Gasteiger partial charge is 0.260 e. The van der Waals surface area contributed by atoms with Gasteiger partial charge in [-0.15, -0.1) is 0 Å². The second-order valence-electron chi connectivity index (χ2n) is 6.43. The summed E-state index contributed by atoms with van der Waals surface area (Å²) >= 11 is 0. The number of hydrogen-bond donors (Lipinski definition) is 2. The van der Waals surface area contributed by atoms with Crippen molar-refractivity contribution in [1.29, 1.82) is 0 Å². The monoisotopic (exact) mass is 353 g/mol. The lowest BCUT2D eigenvalue weighted by Gasteiger charge is -2.16. The molecule has 6 heteroatoms. The first-order chi connectivity index (χ1) is 12.5. The summed E-state index contributed by atoms with van der Waals surface area (Å²) in [5, 5.41) is 2.84. The Morgan fingerprint density at radius 3 is 2.69 bits per heavy atom. The third-order valence-corrected chi connectivity index (χ3v) is 4.42. The Balaban J connectivity index is 1.62. The van der Waals surface area contributed by atoms with Crippen LogP contribution in [0.15, 0.2) is 42.5 Å². The zero-order valence-corrected chi connectivity index (χ0v) is 14.8. The van der Waals surface area contributed by atoms with E-state index >= 15 is 0 Å². The molecule has 0 spiro atoms. The predicted molar refractivity (Wildman–Crippen MR) is 101 cm³/mol. The van der Waals surface area contributed by atoms with Gasteiger partial charge in [0.05, 0.1) is 0 Å². The first-order valence-corrected chi connectivity index (χ1v) is 8.71. The minimum absolute atomic E-state index is 0.00568. The third-order valence-electron chi connectivity index (χ3n) is 4.42. The SMILES string of the molecule is Cc1ccc(N)cc1C(=O)Nc1cccc(OCC(=O)N2CCCC2)c1. The van der Waals surface area contributed by atoms with Crippen molar-refractivity contribution in [3.05, 3.63) is 53.6 Å². The molecule has 0 atom stereocenters. The summed E-state index contributed by atoms with van der Waals surface area (Å²) in [6, 6.07) is 12.2. The number of ether oxygens (including phenoxy) is 1. The summed E-state index contributed by atoms with van der Waals surface area (Å²) in [5.74, 6) is 0.298. The van der Waals surface area contributed by atoms with E-state index in [1.54, 1.807) is 36.4 Å². The number of carbonyl (C=O) groups is 2. The van der Waals surface area contributed by atoms with E-state index in [0.29, 0.717) is 22.7 Å². The largest absolute Gasteiger partial charge is 0.484 e. The van der Waals surface area contributed by atoms with Crippen molar-refractivity contribution in [2.24, 2.45) is 0 Å². The molecule has 0 radical (unpaired) electrons. The normalized spacial score (nSPS) is 13.5. The van der Waals surface area contributed by atoms with Gasteiger partial charge in [-0.2, -0.15) is 0 Å². The number of anilines is 2. The fourth-order valence-electron chi connectivity index (χ4n) is 2.95. The Hall–Kier alpha value is -3.02. The number of carbonyl (C=O) groups excluding carboxylic acids is 2. The van der Waals surface area contributed by atoms with Gasteiger partial charge in [0.25, 0.3) is 11.8 Å². The number of nitrogens with two attached hydrogens (primary N) is 1. The van der Waals surface area contributed by atoms with Crippen LogP contribution in [0.25, 0.3) is 0 Å². The molecule has 2 amide bonds. The Bertz CT molecular complexity index is 814. The molecule has 1 aliphatic heterocycles. The van der Waals surface area contributed by atoms with Crippen LogP contribution in [0.4, 0.5) is 11.4 Å². The molecule has 26 heavy (non-hydrogen) atoms. The Morgan fingerprint density at radius 2 is 1.92 bits per heavy atom. The van der Waals surface area contributed by atoms with Gasteiger partial charge in [-0.3, -0.25) is 9.59 Å². The summed E-state index contributed by atoms with van der Waals surface area (Å²) in [6.45, 7) is 3.47. The van der Waals surface area contributed by atoms with Gasteiger partial charge in [0, 0.05) is 36.1 Å². The zero-order chi connectivity index (χ0) is 18.5. The predicted octanol–water partition coefficient (Wildman–Crippen LogP) is 2.83. The minimum atomic E-state index is -0.236. The van der Waals surface area contributed by atoms with E-state index in [-0.39, 0.29) is 18.4 Å². The highest BCUT2D eigenvalue weighted by atomic mass is 16.5. The highest BCUT2D eigenvalue weighted by Gasteiger charge is 2.18. The number of nitrogens with zero attached hydrogens (tertiary/aromatic N) is 1. The van der Waals surface area contributed by atoms with Crippen LogP contribution in [-0.4, -0.2) is 36.4 Å². The van der Waals surface area contributed by atoms with Gasteiger partial charge in [-0.1, -0.05) is 12.1 Å². The van der Waals surface area contributed by atoms with Crippen LogP contribution in [-0.2, 0) is 4.79 Å². The van der Waals surface area contributed by atoms with Gasteiger partial charge in [-0.05, 0) is 49.6 Å². The zero-order valence-electron chi connectivity index (χ0n) is 14.8. The number of amides is 2. The van der Waals surface area contributed by atoms with Crippen LogP contribution in [0, 0.1) is 6.92 Å². The highest BCUT2D eigenvalue weighted by Crippen LogP contribution is 2.20. The Labute approximate surface area is 152 Å². The first kappa shape index (κ1) is 17.8. The molecule has 136 valence electrons. The lowest BCUT2D eigenvalue weighted by Crippen LogP contribution is -2.32. The number of nitrogen functional groups attached to an aromatic ring is 1. The van der Waals surface area contributed by atoms with E-state index in [4.69, 9.17) is 10.5 Å². The lowest BCUT2D eigenvalue weighted by atomic mass is 10.1. The van der Waals surface area contributed by atoms with Gasteiger partial charge in [0.2, 0.25) is 0 Å². The van der Waals surface area contributed by atoms with Crippen molar-refractivity contribution in [3.8, 4) is 5.75 Å². The number of benzene rings is 2. The molecule has 1 saturated heterocycles. The van der Waals surface area contributed by atoms with Gasteiger partial charge >= 0.3 is 0 Å². The molecule has 0 saturated carbocycles. The average molecular weight is 353 g/mol. The number of rotatable bonds is 5. The van der Waals surface area contributed by atoms with Crippen molar-refractivity contribution in [2.45, 2.75) is 19.8 Å². The van der Waals surface area contributed by atoms with Crippen LogP contribution in [0.1, 0.15) is 28.8 Å². The summed E-state index contributed by atoms with van der Waals surface area (Å²) in [4.78, 5) is 26.3. The van der Waals surface area contributed by atoms with E-state index in [9.17, 15) is 9.59 Å². The molecule has 2 aromatic rings. The maximum atomic E-state index is 12.5. The van der Waals surface area contributed by atoms with Crippen LogP contribution in [0.2, 0.25) is 0 Å². The van der Waals surface area contributed by atoms with Crippen molar-refractivity contribution < 1.29 is 14.3 Å². The van der Waals surface area contributed by atoms with E-state index in [0.717, 1.165) is 31.5 Å². The second-order valence-corrected chi connectivity index (χ2v) is 6.43. The molecule has 0 unspecified atom stereocenters. The van der Waals surface area contributed by atoms with Crippen LogP contribution < -0.4 is 15.8 Å². The van der Waals surface area contributed by atoms with E-state index in [1.807, 2.05) is 17.9 Å². The van der Waals surface area contributed by atoms with Crippen molar-refractivity contribution >= 4 is 23.2 Å². The van der Waals surface area contributed by atoms with Crippen LogP contribution >= 0.6 is 0 Å². The third kappa shape index (κ3) is 4.33. The summed E-state index contributed by atoms with van der Waals surface area (Å²) in [6.07, 6.45) is 2.10. The van der Waals surface area contributed by atoms with E-state index in [1.165, 1.54) is 0 Å². The van der Waals surface area contributed by atoms with Crippen molar-refractivity contribution in [2.75, 3.05) is 30.7 Å². The molecule has 3 rings (SSSR count). The van der Waals surface area contributed by atoms with Gasteiger partial charge in [-0.25, -0.2) is 0 Å². The second kappa shape index (κ2) is 7.91. The van der Waals surface area contributed by atoms with Crippen molar-refractivity contribution in [1.82, 2.24) is 4.90 Å². The minimum Gasteiger partial charge on any atom is -0.484 e. The lowest BCUT2D eigenvalue weighted by molar-refractivity contribution is -0.132. The summed E-state index contributed by atoms with van der Waals surface area (Å²) < 4.78 is 5.59. The number of aryl methyl sites for hydroxylation is 1. The molecular weight excluding hydrogens is 330 g/mol. The maximum Gasteiger partial charge on any atom is 0.260 e. The van der Waals surface area contributed by atoms with E-state index in [2.05, 4.69) is 5.32 Å². The number of nitrogens with one attached hydrogen (secondary N) is 1. The highest BCUT2D eigenvalue weighted by molar-refractivity contribution is 6.05. The number of hydrogen-bond acceptors (Lipinski definition) is 4. The fourth-order valence-corrected chi connectivity index (χ4v) is 2.95. The van der Waals surface area contributed by atoms with Crippen molar-refractivity contribution in [3.63, 3.8) is 0 Å². The fraction of sp³-hybridized carbons (Fsp3) is 0.300. The van der Waals surface area contributed by atoms with E-state index < -0.39 is 0 Å². The molecule has 1 fully saturated rings.